The Hall–Kier alpha value is -3.93. The van der Waals surface area contributed by atoms with Crippen molar-refractivity contribution in [2.45, 2.75) is 20.5 Å². The van der Waals surface area contributed by atoms with Crippen LogP contribution >= 0.6 is 0 Å². The number of benzene rings is 3. The average Bonchev–Trinajstić information content (AvgIpc) is 2.75. The van der Waals surface area contributed by atoms with Crippen LogP contribution in [0.2, 0.25) is 0 Å². The van der Waals surface area contributed by atoms with Crippen molar-refractivity contribution >= 4 is 23.7 Å². The van der Waals surface area contributed by atoms with Crippen LogP contribution in [0.3, 0.4) is 0 Å². The predicted octanol–water partition coefficient (Wildman–Crippen LogP) is 3.97. The van der Waals surface area contributed by atoms with Gasteiger partial charge in [-0.3, -0.25) is 9.59 Å². The van der Waals surface area contributed by atoms with Crippen LogP contribution in [0.15, 0.2) is 77.9 Å². The Morgan fingerprint density at radius 1 is 0.933 bits per heavy atom. The zero-order valence-electron chi connectivity index (χ0n) is 16.9. The lowest BCUT2D eigenvalue weighted by Gasteiger charge is -2.09. The van der Waals surface area contributed by atoms with Crippen molar-refractivity contribution in [3.8, 4) is 5.75 Å². The molecule has 0 fully saturated rings. The minimum Gasteiger partial charge on any atom is -0.489 e. The molecule has 0 saturated carbocycles. The van der Waals surface area contributed by atoms with E-state index >= 15 is 0 Å². The zero-order valence-corrected chi connectivity index (χ0v) is 16.9. The molecule has 0 saturated heterocycles. The highest BCUT2D eigenvalue weighted by atomic mass is 16.5. The number of aryl methyl sites for hydroxylation is 2. The number of rotatable bonds is 6. The van der Waals surface area contributed by atoms with Gasteiger partial charge in [0.1, 0.15) is 12.4 Å². The molecule has 2 N–H and O–H groups in total. The lowest BCUT2D eigenvalue weighted by Crippen LogP contribution is -2.32. The van der Waals surface area contributed by atoms with Gasteiger partial charge in [0, 0.05) is 5.69 Å². The second-order valence-corrected chi connectivity index (χ2v) is 6.81. The molecule has 0 bridgehead atoms. The van der Waals surface area contributed by atoms with Crippen LogP contribution in [0.25, 0.3) is 0 Å². The Bertz CT molecular complexity index is 1060. The molecule has 152 valence electrons. The maximum absolute atomic E-state index is 11.9. The van der Waals surface area contributed by atoms with E-state index in [1.54, 1.807) is 18.2 Å². The highest BCUT2D eigenvalue weighted by molar-refractivity contribution is 6.39. The third-order valence-electron chi connectivity index (χ3n) is 4.41. The molecule has 2 amide bonds. The van der Waals surface area contributed by atoms with Crippen LogP contribution in [0, 0.1) is 13.8 Å². The van der Waals surface area contributed by atoms with Gasteiger partial charge in [-0.1, -0.05) is 54.1 Å². The van der Waals surface area contributed by atoms with E-state index in [0.29, 0.717) is 18.0 Å². The van der Waals surface area contributed by atoms with Crippen molar-refractivity contribution in [1.29, 1.82) is 0 Å². The third-order valence-corrected chi connectivity index (χ3v) is 4.41. The number of nitrogens with zero attached hydrogens (tertiary/aromatic N) is 1. The van der Waals surface area contributed by atoms with Crippen molar-refractivity contribution < 1.29 is 14.3 Å². The van der Waals surface area contributed by atoms with Gasteiger partial charge >= 0.3 is 11.8 Å². The summed E-state index contributed by atoms with van der Waals surface area (Å²) < 4.78 is 5.84. The Morgan fingerprint density at radius 2 is 1.70 bits per heavy atom. The maximum atomic E-state index is 11.9. The Labute approximate surface area is 175 Å². The summed E-state index contributed by atoms with van der Waals surface area (Å²) in [7, 11) is 0. The molecule has 0 atom stereocenters. The molecule has 0 aliphatic heterocycles. The predicted molar refractivity (Wildman–Crippen MR) is 117 cm³/mol. The highest BCUT2D eigenvalue weighted by Crippen LogP contribution is 2.16. The van der Waals surface area contributed by atoms with Gasteiger partial charge in [0.2, 0.25) is 0 Å². The van der Waals surface area contributed by atoms with Crippen LogP contribution in [-0.2, 0) is 16.2 Å². The molecule has 6 nitrogen and oxygen atoms in total. The second kappa shape index (κ2) is 10.0. The van der Waals surface area contributed by atoms with Crippen LogP contribution in [-0.4, -0.2) is 18.0 Å². The number of carbonyl (C=O) groups is 2. The normalized spacial score (nSPS) is 10.6. The van der Waals surface area contributed by atoms with Crippen LogP contribution < -0.4 is 15.5 Å². The van der Waals surface area contributed by atoms with Crippen molar-refractivity contribution in [2.75, 3.05) is 5.32 Å². The van der Waals surface area contributed by atoms with Gasteiger partial charge in [-0.25, -0.2) is 5.43 Å². The maximum Gasteiger partial charge on any atom is 0.329 e. The lowest BCUT2D eigenvalue weighted by molar-refractivity contribution is -0.136. The Morgan fingerprint density at radius 3 is 2.47 bits per heavy atom. The quantitative estimate of drug-likeness (QED) is 0.373. The van der Waals surface area contributed by atoms with Gasteiger partial charge in [0.05, 0.1) is 6.21 Å². The molecule has 0 heterocycles. The topological polar surface area (TPSA) is 79.8 Å². The number of hydrazone groups is 1. The zero-order chi connectivity index (χ0) is 21.3. The molecule has 3 aromatic carbocycles. The van der Waals surface area contributed by atoms with E-state index in [4.69, 9.17) is 4.74 Å². The highest BCUT2D eigenvalue weighted by Gasteiger charge is 2.12. The molecule has 0 unspecified atom stereocenters. The van der Waals surface area contributed by atoms with Gasteiger partial charge in [0.25, 0.3) is 0 Å². The first-order chi connectivity index (χ1) is 14.5. The fourth-order valence-electron chi connectivity index (χ4n) is 2.66. The first-order valence-electron chi connectivity index (χ1n) is 9.50. The van der Waals surface area contributed by atoms with Crippen molar-refractivity contribution in [3.05, 3.63) is 95.1 Å². The number of nitrogens with one attached hydrogen (secondary N) is 2. The molecule has 6 heteroatoms. The molecule has 3 aromatic rings. The lowest BCUT2D eigenvalue weighted by atomic mass is 10.1. The molecule has 0 aromatic heterocycles. The number of hydrogen-bond acceptors (Lipinski definition) is 4. The molecule has 0 aliphatic carbocycles. The first-order valence-corrected chi connectivity index (χ1v) is 9.50. The monoisotopic (exact) mass is 401 g/mol. The summed E-state index contributed by atoms with van der Waals surface area (Å²) in [5, 5.41) is 6.37. The molecule has 0 aliphatic rings. The van der Waals surface area contributed by atoms with Crippen LogP contribution in [0.5, 0.6) is 5.75 Å². The summed E-state index contributed by atoms with van der Waals surface area (Å²) in [5.41, 5.74) is 6.85. The summed E-state index contributed by atoms with van der Waals surface area (Å²) >= 11 is 0. The minimum atomic E-state index is -0.848. The van der Waals surface area contributed by atoms with Gasteiger partial charge in [0.15, 0.2) is 0 Å². The molecule has 0 spiro atoms. The molecular weight excluding hydrogens is 378 g/mol. The van der Waals surface area contributed by atoms with Crippen molar-refractivity contribution in [3.63, 3.8) is 0 Å². The summed E-state index contributed by atoms with van der Waals surface area (Å²) in [6.07, 6.45) is 1.46. The van der Waals surface area contributed by atoms with E-state index < -0.39 is 11.8 Å². The van der Waals surface area contributed by atoms with Gasteiger partial charge in [-0.2, -0.15) is 5.10 Å². The molecule has 30 heavy (non-hydrogen) atoms. The van der Waals surface area contributed by atoms with Crippen molar-refractivity contribution in [1.82, 2.24) is 5.43 Å². The van der Waals surface area contributed by atoms with E-state index in [0.717, 1.165) is 16.7 Å². The van der Waals surface area contributed by atoms with Crippen LogP contribution in [0.1, 0.15) is 22.3 Å². The van der Waals surface area contributed by atoms with Gasteiger partial charge < -0.3 is 10.1 Å². The first kappa shape index (κ1) is 20.8. The largest absolute Gasteiger partial charge is 0.489 e. The smallest absolute Gasteiger partial charge is 0.329 e. The summed E-state index contributed by atoms with van der Waals surface area (Å²) in [4.78, 5) is 23.8. The van der Waals surface area contributed by atoms with E-state index in [-0.39, 0.29) is 0 Å². The summed E-state index contributed by atoms with van der Waals surface area (Å²) in [5.74, 6) is -0.948. The number of hydrogen-bond donors (Lipinski definition) is 2. The van der Waals surface area contributed by atoms with E-state index in [1.165, 1.54) is 11.8 Å². The van der Waals surface area contributed by atoms with Crippen LogP contribution in [0.4, 0.5) is 5.69 Å². The Balaban J connectivity index is 1.52. The van der Waals surface area contributed by atoms with E-state index in [9.17, 15) is 9.59 Å². The number of anilines is 1. The third kappa shape index (κ3) is 6.04. The minimum absolute atomic E-state index is 0.461. The fourth-order valence-corrected chi connectivity index (χ4v) is 2.66. The fraction of sp³-hybridized carbons (Fsp3) is 0.125. The molecular formula is C24H23N3O3. The number of ether oxygens (including phenoxy) is 1. The summed E-state index contributed by atoms with van der Waals surface area (Å²) in [6.45, 7) is 4.44. The van der Waals surface area contributed by atoms with Gasteiger partial charge in [-0.15, -0.1) is 0 Å². The number of carbonyl (C=O) groups excluding carboxylic acids is 2. The summed E-state index contributed by atoms with van der Waals surface area (Å²) in [6, 6.07) is 22.5. The Kier molecular flexibility index (Phi) is 6.95. The SMILES string of the molecule is Cc1ccc(NC(=O)C(=O)NN=Cc2cccc(OCc3ccccc3C)c2)cc1. The molecule has 3 rings (SSSR count). The van der Waals surface area contributed by atoms with Crippen molar-refractivity contribution in [2.24, 2.45) is 5.10 Å². The van der Waals surface area contributed by atoms with Gasteiger partial charge in [-0.05, 0) is 54.8 Å². The second-order valence-electron chi connectivity index (χ2n) is 6.81. The molecule has 0 radical (unpaired) electrons. The number of amides is 2. The average molecular weight is 401 g/mol. The van der Waals surface area contributed by atoms with E-state index in [1.807, 2.05) is 68.4 Å². The van der Waals surface area contributed by atoms with E-state index in [2.05, 4.69) is 15.8 Å². The standard InChI is InChI=1S/C24H23N3O3/c1-17-10-12-21(13-11-17)26-23(28)24(29)27-25-15-19-7-5-9-22(14-19)30-16-20-8-4-3-6-18(20)2/h3-15H,16H2,1-2H3,(H,26,28)(H,27,29).